The fourth-order valence-electron chi connectivity index (χ4n) is 1.97. The smallest absolute Gasteiger partial charge is 0.251 e. The molecule has 0 saturated heterocycles. The largest absolute Gasteiger partial charge is 0.497 e. The van der Waals surface area contributed by atoms with Crippen LogP contribution >= 0.6 is 23.5 Å². The fourth-order valence-corrected chi connectivity index (χ4v) is 3.43. The van der Waals surface area contributed by atoms with Crippen molar-refractivity contribution in [1.82, 2.24) is 9.97 Å². The van der Waals surface area contributed by atoms with Crippen LogP contribution in [0.4, 0.5) is 0 Å². The third-order valence-electron chi connectivity index (χ3n) is 3.19. The van der Waals surface area contributed by atoms with Crippen LogP contribution in [0.5, 0.6) is 11.5 Å². The van der Waals surface area contributed by atoms with Crippen molar-refractivity contribution in [3.8, 4) is 11.5 Å². The summed E-state index contributed by atoms with van der Waals surface area (Å²) in [5.41, 5.74) is 0.741. The Morgan fingerprint density at radius 1 is 1.20 bits per heavy atom. The zero-order valence-electron chi connectivity index (χ0n) is 14.8. The summed E-state index contributed by atoms with van der Waals surface area (Å²) in [6, 6.07) is 9.10. The van der Waals surface area contributed by atoms with Crippen molar-refractivity contribution < 1.29 is 9.47 Å². The minimum atomic E-state index is -0.0914. The van der Waals surface area contributed by atoms with E-state index in [1.165, 1.54) is 0 Å². The Morgan fingerprint density at radius 3 is 2.60 bits per heavy atom. The first-order valence-electron chi connectivity index (χ1n) is 8.18. The number of H-pyrrole nitrogens is 1. The molecule has 0 amide bonds. The number of thioether (sulfide) groups is 2. The van der Waals surface area contributed by atoms with E-state index in [9.17, 15) is 4.79 Å². The lowest BCUT2D eigenvalue weighted by atomic mass is 10.3. The number of nitrogens with one attached hydrogen (secondary N) is 1. The van der Waals surface area contributed by atoms with Crippen LogP contribution in [0, 0.1) is 0 Å². The minimum absolute atomic E-state index is 0.0914. The lowest BCUT2D eigenvalue weighted by Crippen LogP contribution is -2.10. The van der Waals surface area contributed by atoms with E-state index < -0.39 is 0 Å². The second kappa shape index (κ2) is 10.4. The second-order valence-corrected chi connectivity index (χ2v) is 8.28. The van der Waals surface area contributed by atoms with Gasteiger partial charge in [-0.15, -0.1) is 0 Å². The molecule has 0 spiro atoms. The molecule has 0 radical (unpaired) electrons. The summed E-state index contributed by atoms with van der Waals surface area (Å²) in [6.45, 7) is 4.89. The van der Waals surface area contributed by atoms with Gasteiger partial charge in [-0.1, -0.05) is 25.6 Å². The molecule has 0 unspecified atom stereocenters. The van der Waals surface area contributed by atoms with Gasteiger partial charge in [0.25, 0.3) is 5.56 Å². The van der Waals surface area contributed by atoms with Gasteiger partial charge in [-0.05, 0) is 35.9 Å². The summed E-state index contributed by atoms with van der Waals surface area (Å²) in [6.07, 6.45) is 0.866. The number of hydrogen-bond donors (Lipinski definition) is 1. The summed E-state index contributed by atoms with van der Waals surface area (Å²) in [4.78, 5) is 19.0. The van der Waals surface area contributed by atoms with Crippen LogP contribution in [0.2, 0.25) is 0 Å². The highest BCUT2D eigenvalue weighted by Crippen LogP contribution is 2.19. The molecule has 25 heavy (non-hydrogen) atoms. The van der Waals surface area contributed by atoms with Crippen molar-refractivity contribution in [3.63, 3.8) is 0 Å². The van der Waals surface area contributed by atoms with Crippen LogP contribution in [0.15, 0.2) is 40.3 Å². The van der Waals surface area contributed by atoms with Crippen LogP contribution in [0.25, 0.3) is 0 Å². The maximum atomic E-state index is 11.7. The number of hydrogen-bond acceptors (Lipinski definition) is 6. The van der Waals surface area contributed by atoms with E-state index in [1.807, 2.05) is 24.3 Å². The second-order valence-electron chi connectivity index (χ2n) is 5.63. The molecule has 0 saturated carbocycles. The standard InChI is InChI=1S/C18H24N2O3S2/c1-13(2)25-12-14-11-17(21)20-18(19-14)24-10-4-9-23-16-7-5-15(22-3)6-8-16/h5-8,11,13H,4,9-10,12H2,1-3H3,(H,19,20,21). The van der Waals surface area contributed by atoms with Gasteiger partial charge in [-0.25, -0.2) is 4.98 Å². The molecule has 0 bridgehead atoms. The van der Waals surface area contributed by atoms with Crippen LogP contribution in [0.1, 0.15) is 26.0 Å². The molecule has 2 aromatic rings. The average Bonchev–Trinajstić information content (AvgIpc) is 2.60. The van der Waals surface area contributed by atoms with E-state index in [1.54, 1.807) is 36.7 Å². The number of aromatic nitrogens is 2. The Bertz CT molecular complexity index is 702. The Labute approximate surface area is 156 Å². The van der Waals surface area contributed by atoms with Gasteiger partial charge < -0.3 is 14.5 Å². The molecule has 1 N–H and O–H groups in total. The van der Waals surface area contributed by atoms with E-state index >= 15 is 0 Å². The Hall–Kier alpha value is -1.60. The molecule has 1 heterocycles. The molecule has 0 aliphatic carbocycles. The maximum Gasteiger partial charge on any atom is 0.251 e. The first kappa shape index (κ1) is 19.7. The molecule has 1 aromatic carbocycles. The number of aromatic amines is 1. The highest BCUT2D eigenvalue weighted by Gasteiger charge is 2.04. The Morgan fingerprint density at radius 2 is 1.92 bits per heavy atom. The number of benzene rings is 1. The molecule has 0 atom stereocenters. The lowest BCUT2D eigenvalue weighted by Gasteiger charge is -2.08. The Kier molecular flexibility index (Phi) is 8.21. The van der Waals surface area contributed by atoms with Gasteiger partial charge in [-0.2, -0.15) is 11.8 Å². The van der Waals surface area contributed by atoms with E-state index in [-0.39, 0.29) is 5.56 Å². The molecule has 0 aliphatic rings. The third kappa shape index (κ3) is 7.44. The molecule has 5 nitrogen and oxygen atoms in total. The van der Waals surface area contributed by atoms with Gasteiger partial charge in [0.1, 0.15) is 11.5 Å². The van der Waals surface area contributed by atoms with Gasteiger partial charge in [0.05, 0.1) is 19.4 Å². The van der Waals surface area contributed by atoms with Crippen LogP contribution in [-0.4, -0.2) is 34.7 Å². The summed E-state index contributed by atoms with van der Waals surface area (Å²) in [5, 5.41) is 1.20. The number of nitrogens with zero attached hydrogens (tertiary/aromatic N) is 1. The van der Waals surface area contributed by atoms with Gasteiger partial charge in [0, 0.05) is 17.6 Å². The average molecular weight is 381 g/mol. The molecule has 0 fully saturated rings. The number of rotatable bonds is 10. The molecule has 0 aliphatic heterocycles. The van der Waals surface area contributed by atoms with E-state index in [2.05, 4.69) is 23.8 Å². The molecular formula is C18H24N2O3S2. The first-order valence-corrected chi connectivity index (χ1v) is 10.2. The first-order chi connectivity index (χ1) is 12.1. The predicted molar refractivity (Wildman–Crippen MR) is 105 cm³/mol. The van der Waals surface area contributed by atoms with Crippen molar-refractivity contribution in [3.05, 3.63) is 46.4 Å². The minimum Gasteiger partial charge on any atom is -0.497 e. The van der Waals surface area contributed by atoms with E-state index in [0.29, 0.717) is 17.0 Å². The summed E-state index contributed by atoms with van der Waals surface area (Å²) in [5.74, 6) is 3.23. The highest BCUT2D eigenvalue weighted by atomic mass is 32.2. The van der Waals surface area contributed by atoms with Gasteiger partial charge >= 0.3 is 0 Å². The van der Waals surface area contributed by atoms with Crippen LogP contribution in [0.3, 0.4) is 0 Å². The van der Waals surface area contributed by atoms with Crippen LogP contribution < -0.4 is 15.0 Å². The zero-order chi connectivity index (χ0) is 18.1. The fraction of sp³-hybridized carbons (Fsp3) is 0.444. The molecule has 2 rings (SSSR count). The lowest BCUT2D eigenvalue weighted by molar-refractivity contribution is 0.318. The van der Waals surface area contributed by atoms with Crippen molar-refractivity contribution in [2.45, 2.75) is 36.4 Å². The number of methoxy groups -OCH3 is 1. The highest BCUT2D eigenvalue weighted by molar-refractivity contribution is 7.99. The van der Waals surface area contributed by atoms with Crippen molar-refractivity contribution in [2.24, 2.45) is 0 Å². The summed E-state index contributed by atoms with van der Waals surface area (Å²) < 4.78 is 10.8. The SMILES string of the molecule is COc1ccc(OCCCSc2nc(CSC(C)C)cc(=O)[nH]2)cc1. The van der Waals surface area contributed by atoms with E-state index in [0.717, 1.165) is 35.1 Å². The molecule has 136 valence electrons. The van der Waals surface area contributed by atoms with Crippen LogP contribution in [-0.2, 0) is 5.75 Å². The monoisotopic (exact) mass is 380 g/mol. The molecule has 7 heteroatoms. The molecule has 1 aromatic heterocycles. The topological polar surface area (TPSA) is 64.2 Å². The quantitative estimate of drug-likeness (QED) is 0.382. The van der Waals surface area contributed by atoms with Gasteiger partial charge in [-0.3, -0.25) is 4.79 Å². The van der Waals surface area contributed by atoms with E-state index in [4.69, 9.17) is 9.47 Å². The van der Waals surface area contributed by atoms with Crippen molar-refractivity contribution in [2.75, 3.05) is 19.5 Å². The van der Waals surface area contributed by atoms with Crippen molar-refractivity contribution >= 4 is 23.5 Å². The maximum absolute atomic E-state index is 11.7. The zero-order valence-corrected chi connectivity index (χ0v) is 16.4. The van der Waals surface area contributed by atoms with Gasteiger partial charge in [0.2, 0.25) is 0 Å². The summed E-state index contributed by atoms with van der Waals surface area (Å²) in [7, 11) is 1.64. The normalized spacial score (nSPS) is 10.9. The third-order valence-corrected chi connectivity index (χ3v) is 5.28. The summed E-state index contributed by atoms with van der Waals surface area (Å²) >= 11 is 3.33. The number of ether oxygens (including phenoxy) is 2. The van der Waals surface area contributed by atoms with Gasteiger partial charge in [0.15, 0.2) is 5.16 Å². The van der Waals surface area contributed by atoms with Crippen molar-refractivity contribution in [1.29, 1.82) is 0 Å². The predicted octanol–water partition coefficient (Wildman–Crippen LogP) is 3.98. The Balaban J connectivity index is 1.74. The molecular weight excluding hydrogens is 356 g/mol.